The summed E-state index contributed by atoms with van der Waals surface area (Å²) in [5.74, 6) is 1.17. The third kappa shape index (κ3) is 8.23. The maximum Gasteiger partial charge on any atom is 0.257 e. The number of aromatic nitrogens is 1. The van der Waals surface area contributed by atoms with Crippen LogP contribution in [-0.4, -0.2) is 36.1 Å². The number of rotatable bonds is 9. The number of carbonyl (C=O) groups excluding carboxylic acids is 1. The molecule has 0 bridgehead atoms. The van der Waals surface area contributed by atoms with Gasteiger partial charge in [-0.25, -0.2) is 4.99 Å². The van der Waals surface area contributed by atoms with Crippen molar-refractivity contribution in [3.8, 4) is 5.75 Å². The lowest BCUT2D eigenvalue weighted by molar-refractivity contribution is -0.122. The number of nitrogens with zero attached hydrogens (tertiary/aromatic N) is 2. The Labute approximate surface area is 204 Å². The molecule has 0 spiro atoms. The van der Waals surface area contributed by atoms with Crippen LogP contribution < -0.4 is 20.7 Å². The first kappa shape index (κ1) is 26.4. The van der Waals surface area contributed by atoms with Gasteiger partial charge in [-0.3, -0.25) is 4.79 Å². The van der Waals surface area contributed by atoms with Crippen LogP contribution in [0.1, 0.15) is 25.1 Å². The zero-order valence-corrected chi connectivity index (χ0v) is 21.1. The van der Waals surface area contributed by atoms with E-state index in [1.54, 1.807) is 0 Å². The fourth-order valence-electron chi connectivity index (χ4n) is 2.58. The van der Waals surface area contributed by atoms with Crippen LogP contribution in [0.3, 0.4) is 0 Å². The Kier molecular flexibility index (Phi) is 12.0. The molecule has 1 heterocycles. The van der Waals surface area contributed by atoms with Crippen molar-refractivity contribution >= 4 is 59.0 Å². The van der Waals surface area contributed by atoms with E-state index in [-0.39, 0.29) is 36.5 Å². The second-order valence-corrected chi connectivity index (χ2v) is 7.04. The summed E-state index contributed by atoms with van der Waals surface area (Å²) in [7, 11) is 1.86. The van der Waals surface area contributed by atoms with Crippen LogP contribution in [0.25, 0.3) is 0 Å². The van der Waals surface area contributed by atoms with Crippen LogP contribution in [0, 0.1) is 0 Å². The number of halogens is 3. The zero-order chi connectivity index (χ0) is 21.2. The molecule has 10 heteroatoms. The number of aliphatic imine (C=N–C) groups is 1. The summed E-state index contributed by atoms with van der Waals surface area (Å²) in [5, 5.41) is 10.2. The number of ether oxygens (including phenoxy) is 1. The molecule has 0 radical (unpaired) electrons. The van der Waals surface area contributed by atoms with Gasteiger partial charge in [0.25, 0.3) is 5.91 Å². The van der Waals surface area contributed by atoms with Gasteiger partial charge in [-0.1, -0.05) is 35.3 Å². The van der Waals surface area contributed by atoms with E-state index >= 15 is 0 Å². The van der Waals surface area contributed by atoms with Crippen molar-refractivity contribution in [1.29, 1.82) is 0 Å². The fraction of sp³-hybridized carbons (Fsp3) is 0.400. The van der Waals surface area contributed by atoms with Gasteiger partial charge in [0.2, 0.25) is 0 Å². The largest absolute Gasteiger partial charge is 0.484 e. The van der Waals surface area contributed by atoms with Gasteiger partial charge in [-0.05, 0) is 37.6 Å². The van der Waals surface area contributed by atoms with Crippen LogP contribution in [-0.2, 0) is 24.9 Å². The van der Waals surface area contributed by atoms with E-state index in [0.29, 0.717) is 41.5 Å². The van der Waals surface area contributed by atoms with E-state index in [4.69, 9.17) is 27.9 Å². The summed E-state index contributed by atoms with van der Waals surface area (Å²) in [6.07, 6.45) is 0. The van der Waals surface area contributed by atoms with E-state index in [9.17, 15) is 4.79 Å². The number of benzene rings is 1. The molecule has 0 saturated heterocycles. The Morgan fingerprint density at radius 3 is 2.50 bits per heavy atom. The lowest BCUT2D eigenvalue weighted by atomic mass is 10.2. The molecule has 0 saturated carbocycles. The minimum atomic E-state index is -0.143. The summed E-state index contributed by atoms with van der Waals surface area (Å²) in [4.78, 5) is 16.1. The highest BCUT2D eigenvalue weighted by Crippen LogP contribution is 2.24. The summed E-state index contributed by atoms with van der Waals surface area (Å²) >= 11 is 12.2. The Morgan fingerprint density at radius 2 is 1.87 bits per heavy atom. The van der Waals surface area contributed by atoms with Crippen LogP contribution >= 0.6 is 47.2 Å². The smallest absolute Gasteiger partial charge is 0.257 e. The van der Waals surface area contributed by atoms with Crippen molar-refractivity contribution in [2.75, 3.05) is 19.7 Å². The summed E-state index contributed by atoms with van der Waals surface area (Å²) in [6, 6.07) is 9.37. The standard InChI is InChI=1S/C20H27Cl2N5O2.HI/c1-4-23-18(28)13-29-16-8-6-7-14(9-16)11-25-20(24-5-2)26-12-15-10-17(21)19(22)27(15)3;/h6-10H,4-5,11-13H2,1-3H3,(H,23,28)(H2,24,25,26);1H. The summed E-state index contributed by atoms with van der Waals surface area (Å²) < 4.78 is 7.36. The first-order valence-corrected chi connectivity index (χ1v) is 10.2. The molecular weight excluding hydrogens is 540 g/mol. The number of hydrogen-bond acceptors (Lipinski definition) is 3. The number of guanidine groups is 1. The van der Waals surface area contributed by atoms with Gasteiger partial charge in [0.1, 0.15) is 10.9 Å². The first-order valence-electron chi connectivity index (χ1n) is 9.44. The van der Waals surface area contributed by atoms with Crippen LogP contribution in [0.15, 0.2) is 35.3 Å². The highest BCUT2D eigenvalue weighted by molar-refractivity contribution is 14.0. The quantitative estimate of drug-likeness (QED) is 0.245. The molecule has 0 aliphatic rings. The van der Waals surface area contributed by atoms with Gasteiger partial charge in [0.15, 0.2) is 12.6 Å². The number of amides is 1. The fourth-order valence-corrected chi connectivity index (χ4v) is 2.99. The normalized spacial score (nSPS) is 10.9. The molecule has 0 unspecified atom stereocenters. The lowest BCUT2D eigenvalue weighted by Crippen LogP contribution is -2.37. The van der Waals surface area contributed by atoms with Gasteiger partial charge < -0.3 is 25.3 Å². The molecule has 0 atom stereocenters. The number of likely N-dealkylation sites (N-methyl/N-ethyl adjacent to an activating group) is 1. The van der Waals surface area contributed by atoms with E-state index in [1.165, 1.54) is 0 Å². The van der Waals surface area contributed by atoms with E-state index in [2.05, 4.69) is 20.9 Å². The van der Waals surface area contributed by atoms with E-state index < -0.39 is 0 Å². The Balaban J connectivity index is 0.00000450. The molecule has 0 aliphatic carbocycles. The number of carbonyl (C=O) groups is 1. The zero-order valence-electron chi connectivity index (χ0n) is 17.3. The molecule has 7 nitrogen and oxygen atoms in total. The molecule has 1 aromatic heterocycles. The van der Waals surface area contributed by atoms with Crippen molar-refractivity contribution in [3.05, 3.63) is 51.8 Å². The first-order chi connectivity index (χ1) is 13.9. The second-order valence-electron chi connectivity index (χ2n) is 6.27. The maximum absolute atomic E-state index is 11.5. The molecule has 2 aromatic rings. The van der Waals surface area contributed by atoms with E-state index in [0.717, 1.165) is 17.8 Å². The van der Waals surface area contributed by atoms with E-state index in [1.807, 2.05) is 55.8 Å². The highest BCUT2D eigenvalue weighted by atomic mass is 127. The van der Waals surface area contributed by atoms with Gasteiger partial charge in [-0.2, -0.15) is 0 Å². The maximum atomic E-state index is 11.5. The van der Waals surface area contributed by atoms with Crippen molar-refractivity contribution in [2.45, 2.75) is 26.9 Å². The topological polar surface area (TPSA) is 79.7 Å². The van der Waals surface area contributed by atoms with Crippen molar-refractivity contribution in [1.82, 2.24) is 20.5 Å². The van der Waals surface area contributed by atoms with Gasteiger partial charge >= 0.3 is 0 Å². The van der Waals surface area contributed by atoms with Crippen molar-refractivity contribution < 1.29 is 9.53 Å². The molecule has 0 aliphatic heterocycles. The van der Waals surface area contributed by atoms with Crippen LogP contribution in [0.4, 0.5) is 0 Å². The molecule has 1 amide bonds. The third-order valence-electron chi connectivity index (χ3n) is 4.06. The molecular formula is C20H28Cl2IN5O2. The van der Waals surface area contributed by atoms with Crippen molar-refractivity contribution in [2.24, 2.45) is 12.0 Å². The second kappa shape index (κ2) is 13.6. The van der Waals surface area contributed by atoms with Gasteiger partial charge in [0, 0.05) is 25.8 Å². The minimum Gasteiger partial charge on any atom is -0.484 e. The Bertz CT molecular complexity index is 858. The van der Waals surface area contributed by atoms with Crippen LogP contribution in [0.2, 0.25) is 10.2 Å². The SMILES string of the molecule is CCNC(=O)COc1cccc(CN=C(NCC)NCc2cc(Cl)c(Cl)n2C)c1.I. The summed E-state index contributed by atoms with van der Waals surface area (Å²) in [6.45, 7) is 6.17. The van der Waals surface area contributed by atoms with Crippen molar-refractivity contribution in [3.63, 3.8) is 0 Å². The molecule has 0 fully saturated rings. The summed E-state index contributed by atoms with van der Waals surface area (Å²) in [5.41, 5.74) is 1.92. The average molecular weight is 568 g/mol. The molecule has 30 heavy (non-hydrogen) atoms. The Hall–Kier alpha value is -1.65. The third-order valence-corrected chi connectivity index (χ3v) is 4.90. The lowest BCUT2D eigenvalue weighted by Gasteiger charge is -2.12. The Morgan fingerprint density at radius 1 is 1.13 bits per heavy atom. The highest BCUT2D eigenvalue weighted by Gasteiger charge is 2.09. The van der Waals surface area contributed by atoms with Gasteiger partial charge in [-0.15, -0.1) is 24.0 Å². The monoisotopic (exact) mass is 567 g/mol. The average Bonchev–Trinajstić information content (AvgIpc) is 2.96. The predicted octanol–water partition coefficient (Wildman–Crippen LogP) is 3.72. The molecule has 2 rings (SSSR count). The molecule has 166 valence electrons. The molecule has 1 aromatic carbocycles. The minimum absolute atomic E-state index is 0. The van der Waals surface area contributed by atoms with Crippen LogP contribution in [0.5, 0.6) is 5.75 Å². The predicted molar refractivity (Wildman–Crippen MR) is 133 cm³/mol. The number of nitrogens with one attached hydrogen (secondary N) is 3. The van der Waals surface area contributed by atoms with Gasteiger partial charge in [0.05, 0.1) is 18.1 Å². The molecule has 3 N–H and O–H groups in total. The number of hydrogen-bond donors (Lipinski definition) is 3.